The first-order chi connectivity index (χ1) is 10.3. The van der Waals surface area contributed by atoms with E-state index in [0.717, 1.165) is 42.7 Å². The molecule has 2 heterocycles. The summed E-state index contributed by atoms with van der Waals surface area (Å²) in [6.45, 7) is 0. The minimum Gasteiger partial charge on any atom is -0.272 e. The zero-order valence-corrected chi connectivity index (χ0v) is 12.3. The van der Waals surface area contributed by atoms with Crippen molar-refractivity contribution in [2.75, 3.05) is 5.01 Å². The first-order valence-corrected chi connectivity index (χ1v) is 8.13. The lowest BCUT2D eigenvalue weighted by Crippen LogP contribution is -2.28. The van der Waals surface area contributed by atoms with Crippen LogP contribution in [0.1, 0.15) is 25.7 Å². The van der Waals surface area contributed by atoms with Crippen molar-refractivity contribution in [2.45, 2.75) is 25.7 Å². The lowest BCUT2D eigenvalue weighted by molar-refractivity contribution is -0.120. The summed E-state index contributed by atoms with van der Waals surface area (Å²) in [4.78, 5) is 17.1. The molecule has 1 atom stereocenters. The smallest absolute Gasteiger partial charge is 0.258 e. The number of hydrogen-bond donors (Lipinski definition) is 0. The van der Waals surface area contributed by atoms with E-state index in [4.69, 9.17) is 0 Å². The number of hydrazone groups is 1. The summed E-state index contributed by atoms with van der Waals surface area (Å²) in [5, 5.41) is 8.70. The first kappa shape index (κ1) is 12.7. The second-order valence-electron chi connectivity index (χ2n) is 5.42. The standard InChI is InChI=1S/C16H15N3OS/c20-15-12-8-4-5-9-13(12)18-19(15)16-17-14(10-21-16)11-6-2-1-3-7-11/h1-3,6-7,10,12H,4-5,8-9H2. The number of hydrogen-bond acceptors (Lipinski definition) is 4. The summed E-state index contributed by atoms with van der Waals surface area (Å²) in [7, 11) is 0. The van der Waals surface area contributed by atoms with Crippen molar-refractivity contribution in [2.24, 2.45) is 11.0 Å². The predicted octanol–water partition coefficient (Wildman–Crippen LogP) is 3.70. The van der Waals surface area contributed by atoms with E-state index in [1.165, 1.54) is 16.3 Å². The van der Waals surface area contributed by atoms with Crippen LogP contribution in [0.25, 0.3) is 11.3 Å². The van der Waals surface area contributed by atoms with E-state index in [-0.39, 0.29) is 11.8 Å². The van der Waals surface area contributed by atoms with E-state index < -0.39 is 0 Å². The van der Waals surface area contributed by atoms with E-state index in [2.05, 4.69) is 10.1 Å². The molecule has 0 bridgehead atoms. The maximum atomic E-state index is 12.5. The van der Waals surface area contributed by atoms with Gasteiger partial charge in [-0.25, -0.2) is 4.98 Å². The molecule has 0 N–H and O–H groups in total. The van der Waals surface area contributed by atoms with Gasteiger partial charge in [-0.1, -0.05) is 36.8 Å². The number of amides is 1. The Bertz CT molecular complexity index is 707. The van der Waals surface area contributed by atoms with Crippen LogP contribution in [0, 0.1) is 5.92 Å². The summed E-state index contributed by atoms with van der Waals surface area (Å²) in [6, 6.07) is 10.0. The van der Waals surface area contributed by atoms with Crippen LogP contribution in [0.3, 0.4) is 0 Å². The van der Waals surface area contributed by atoms with Crippen molar-refractivity contribution in [3.8, 4) is 11.3 Å². The number of nitrogens with zero attached hydrogens (tertiary/aromatic N) is 3. The van der Waals surface area contributed by atoms with Crippen LogP contribution >= 0.6 is 11.3 Å². The Kier molecular flexibility index (Phi) is 3.07. The van der Waals surface area contributed by atoms with Crippen LogP contribution in [-0.4, -0.2) is 16.6 Å². The molecular weight excluding hydrogens is 282 g/mol. The third kappa shape index (κ3) is 2.17. The Labute approximate surface area is 127 Å². The molecule has 2 aromatic rings. The molecule has 0 radical (unpaired) electrons. The van der Waals surface area contributed by atoms with Gasteiger partial charge >= 0.3 is 0 Å². The maximum absolute atomic E-state index is 12.5. The molecule has 4 rings (SSSR count). The second kappa shape index (κ2) is 5.07. The Morgan fingerprint density at radius 3 is 2.86 bits per heavy atom. The minimum absolute atomic E-state index is 0.00262. The number of aromatic nitrogens is 1. The van der Waals surface area contributed by atoms with Gasteiger partial charge in [0.15, 0.2) is 0 Å². The number of rotatable bonds is 2. The summed E-state index contributed by atoms with van der Waals surface area (Å²) < 4.78 is 0. The fourth-order valence-corrected chi connectivity index (χ4v) is 3.73. The molecule has 1 saturated carbocycles. The molecule has 1 aliphatic heterocycles. The number of thiazole rings is 1. The number of fused-ring (bicyclic) bond motifs is 1. The normalized spacial score (nSPS) is 21.3. The van der Waals surface area contributed by atoms with Crippen LogP contribution in [0.2, 0.25) is 0 Å². The monoisotopic (exact) mass is 297 g/mol. The predicted molar refractivity (Wildman–Crippen MR) is 84.4 cm³/mol. The molecule has 0 saturated heterocycles. The fourth-order valence-electron chi connectivity index (χ4n) is 2.95. The molecule has 4 nitrogen and oxygen atoms in total. The van der Waals surface area contributed by atoms with E-state index in [1.807, 2.05) is 35.7 Å². The summed E-state index contributed by atoms with van der Waals surface area (Å²) in [5.74, 6) is 0.0986. The van der Waals surface area contributed by atoms with Gasteiger partial charge in [-0.15, -0.1) is 11.3 Å². The van der Waals surface area contributed by atoms with E-state index >= 15 is 0 Å². The first-order valence-electron chi connectivity index (χ1n) is 7.25. The van der Waals surface area contributed by atoms with Crippen LogP contribution < -0.4 is 5.01 Å². The summed E-state index contributed by atoms with van der Waals surface area (Å²) >= 11 is 1.48. The van der Waals surface area contributed by atoms with Gasteiger partial charge in [0.2, 0.25) is 5.13 Å². The second-order valence-corrected chi connectivity index (χ2v) is 6.26. The molecule has 0 spiro atoms. The van der Waals surface area contributed by atoms with Gasteiger partial charge in [0.1, 0.15) is 0 Å². The Balaban J connectivity index is 1.65. The molecule has 21 heavy (non-hydrogen) atoms. The molecule has 106 valence electrons. The SMILES string of the molecule is O=C1C2CCCCC2=NN1c1nc(-c2ccccc2)cs1. The number of carbonyl (C=O) groups is 1. The van der Waals surface area contributed by atoms with Gasteiger partial charge in [0.25, 0.3) is 5.91 Å². The average molecular weight is 297 g/mol. The Hall–Kier alpha value is -2.01. The van der Waals surface area contributed by atoms with Crippen LogP contribution in [-0.2, 0) is 4.79 Å². The minimum atomic E-state index is 0.00262. The zero-order valence-electron chi connectivity index (χ0n) is 11.5. The van der Waals surface area contributed by atoms with Crippen LogP contribution in [0.15, 0.2) is 40.8 Å². The maximum Gasteiger partial charge on any atom is 0.258 e. The molecule has 1 aromatic heterocycles. The average Bonchev–Trinajstić information content (AvgIpc) is 3.14. The van der Waals surface area contributed by atoms with Crippen molar-refractivity contribution >= 4 is 28.1 Å². The van der Waals surface area contributed by atoms with Crippen molar-refractivity contribution in [3.63, 3.8) is 0 Å². The highest BCUT2D eigenvalue weighted by molar-refractivity contribution is 7.14. The number of carbonyl (C=O) groups excluding carboxylic acids is 1. The molecule has 1 aliphatic carbocycles. The molecule has 1 aromatic carbocycles. The van der Waals surface area contributed by atoms with Gasteiger partial charge in [0.05, 0.1) is 17.3 Å². The topological polar surface area (TPSA) is 45.6 Å². The molecular formula is C16H15N3OS. The quantitative estimate of drug-likeness (QED) is 0.848. The molecule has 1 fully saturated rings. The highest BCUT2D eigenvalue weighted by Gasteiger charge is 2.38. The highest BCUT2D eigenvalue weighted by Crippen LogP contribution is 2.34. The van der Waals surface area contributed by atoms with Crippen molar-refractivity contribution < 1.29 is 4.79 Å². The molecule has 5 heteroatoms. The molecule has 1 amide bonds. The largest absolute Gasteiger partial charge is 0.272 e. The van der Waals surface area contributed by atoms with Gasteiger partial charge in [-0.05, 0) is 19.3 Å². The lowest BCUT2D eigenvalue weighted by Gasteiger charge is -2.15. The fraction of sp³-hybridized carbons (Fsp3) is 0.312. The highest BCUT2D eigenvalue weighted by atomic mass is 32.1. The van der Waals surface area contributed by atoms with Gasteiger partial charge in [-0.3, -0.25) is 4.79 Å². The van der Waals surface area contributed by atoms with Crippen LogP contribution in [0.5, 0.6) is 0 Å². The van der Waals surface area contributed by atoms with Crippen molar-refractivity contribution in [1.82, 2.24) is 4.98 Å². The van der Waals surface area contributed by atoms with Gasteiger partial charge in [-0.2, -0.15) is 10.1 Å². The van der Waals surface area contributed by atoms with E-state index in [9.17, 15) is 4.79 Å². The van der Waals surface area contributed by atoms with Crippen molar-refractivity contribution in [1.29, 1.82) is 0 Å². The zero-order chi connectivity index (χ0) is 14.2. The van der Waals surface area contributed by atoms with E-state index in [1.54, 1.807) is 0 Å². The lowest BCUT2D eigenvalue weighted by atomic mass is 9.87. The third-order valence-corrected chi connectivity index (χ3v) is 4.87. The summed E-state index contributed by atoms with van der Waals surface area (Å²) in [6.07, 6.45) is 4.15. The Morgan fingerprint density at radius 1 is 1.19 bits per heavy atom. The van der Waals surface area contributed by atoms with Gasteiger partial charge in [0, 0.05) is 10.9 Å². The molecule has 2 aliphatic rings. The number of anilines is 1. The summed E-state index contributed by atoms with van der Waals surface area (Å²) in [5.41, 5.74) is 3.01. The van der Waals surface area contributed by atoms with E-state index in [0.29, 0.717) is 5.13 Å². The molecule has 1 unspecified atom stereocenters. The van der Waals surface area contributed by atoms with Gasteiger partial charge < -0.3 is 0 Å². The third-order valence-electron chi connectivity index (χ3n) is 4.06. The Morgan fingerprint density at radius 2 is 2.05 bits per heavy atom. The van der Waals surface area contributed by atoms with Crippen molar-refractivity contribution in [3.05, 3.63) is 35.7 Å². The number of benzene rings is 1. The van der Waals surface area contributed by atoms with Crippen LogP contribution in [0.4, 0.5) is 5.13 Å².